The minimum Gasteiger partial charge on any atom is -0.261 e. The fourth-order valence-corrected chi connectivity index (χ4v) is 3.28. The smallest absolute Gasteiger partial charge is 0.239 e. The average molecular weight is 237 g/mol. The lowest BCUT2D eigenvalue weighted by Crippen LogP contribution is -2.23. The van der Waals surface area contributed by atoms with Crippen LogP contribution in [0.3, 0.4) is 0 Å². The van der Waals surface area contributed by atoms with E-state index in [0.29, 0.717) is 0 Å². The van der Waals surface area contributed by atoms with E-state index < -0.39 is 0 Å². The normalized spacial score (nSPS) is 22.3. The second-order valence-corrected chi connectivity index (χ2v) is 5.30. The molecule has 2 heterocycles. The molecule has 1 saturated heterocycles. The summed E-state index contributed by atoms with van der Waals surface area (Å²) in [6.45, 7) is 2.37. The Morgan fingerprint density at radius 3 is 2.89 bits per heavy atom. The molecule has 0 spiro atoms. The molecule has 0 amide bonds. The van der Waals surface area contributed by atoms with E-state index >= 15 is 0 Å². The molecule has 2 heteroatoms. The zero-order valence-electron chi connectivity index (χ0n) is 10.4. The minimum atomic E-state index is 0.740. The molecule has 1 atom stereocenters. The Kier molecular flexibility index (Phi) is 2.16. The Morgan fingerprint density at radius 1 is 1.06 bits per heavy atom. The number of hydrogen-bond acceptors (Lipinski definition) is 1. The van der Waals surface area contributed by atoms with Crippen LogP contribution in [0.5, 0.6) is 0 Å². The van der Waals surface area contributed by atoms with Crippen molar-refractivity contribution < 1.29 is 4.58 Å². The molecule has 2 aliphatic heterocycles. The molecule has 0 aromatic heterocycles. The Hall–Kier alpha value is -1.83. The first kappa shape index (κ1) is 10.1. The molecular formula is C16H17N2+. The van der Waals surface area contributed by atoms with Gasteiger partial charge in [-0.15, -0.1) is 0 Å². The number of rotatable bonds is 1. The van der Waals surface area contributed by atoms with E-state index in [4.69, 9.17) is 0 Å². The number of anilines is 1. The highest BCUT2D eigenvalue weighted by Crippen LogP contribution is 2.29. The molecule has 0 aliphatic carbocycles. The molecule has 2 aromatic rings. The van der Waals surface area contributed by atoms with Gasteiger partial charge in [-0.05, 0) is 24.3 Å². The zero-order valence-corrected chi connectivity index (χ0v) is 10.4. The van der Waals surface area contributed by atoms with Gasteiger partial charge in [0.05, 0.1) is 6.54 Å². The molecule has 0 radical (unpaired) electrons. The highest BCUT2D eigenvalue weighted by atomic mass is 15.3. The highest BCUT2D eigenvalue weighted by molar-refractivity contribution is 5.98. The topological polar surface area (TPSA) is 6.25 Å². The van der Waals surface area contributed by atoms with Crippen molar-refractivity contribution in [3.05, 3.63) is 42.5 Å². The summed E-state index contributed by atoms with van der Waals surface area (Å²) in [4.78, 5) is 2.42. The Bertz CT molecular complexity index is 625. The Labute approximate surface area is 107 Å². The third-order valence-electron chi connectivity index (χ3n) is 4.19. The van der Waals surface area contributed by atoms with Crippen LogP contribution in [0.15, 0.2) is 42.5 Å². The van der Waals surface area contributed by atoms with Crippen LogP contribution >= 0.6 is 0 Å². The maximum Gasteiger partial charge on any atom is 0.239 e. The van der Waals surface area contributed by atoms with E-state index in [2.05, 4.69) is 58.3 Å². The number of fused-ring (bicyclic) bond motifs is 2. The number of benzene rings is 2. The number of nitrogens with zero attached hydrogens (tertiary/aromatic N) is 2. The van der Waals surface area contributed by atoms with Gasteiger partial charge in [0.2, 0.25) is 6.34 Å². The third kappa shape index (κ3) is 1.45. The van der Waals surface area contributed by atoms with E-state index in [1.165, 1.54) is 35.8 Å². The van der Waals surface area contributed by atoms with E-state index in [9.17, 15) is 0 Å². The van der Waals surface area contributed by atoms with Crippen LogP contribution in [0.4, 0.5) is 5.69 Å². The summed E-state index contributed by atoms with van der Waals surface area (Å²) < 4.78 is 2.50. The summed E-state index contributed by atoms with van der Waals surface area (Å²) >= 11 is 0. The van der Waals surface area contributed by atoms with Gasteiger partial charge in [-0.1, -0.05) is 36.4 Å². The summed E-state index contributed by atoms with van der Waals surface area (Å²) in [5.74, 6) is 0. The molecule has 0 saturated carbocycles. The molecule has 0 unspecified atom stereocenters. The number of hydrogen-bond donors (Lipinski definition) is 0. The maximum atomic E-state index is 2.50. The SMILES string of the molecule is C1=[N+]2CCC[C@H]2CN1c1cccc2ccccc12. The summed E-state index contributed by atoms with van der Waals surface area (Å²) in [5.41, 5.74) is 1.35. The van der Waals surface area contributed by atoms with E-state index in [1.807, 2.05) is 0 Å². The van der Waals surface area contributed by atoms with Crippen molar-refractivity contribution in [1.29, 1.82) is 0 Å². The lowest BCUT2D eigenvalue weighted by atomic mass is 10.1. The lowest BCUT2D eigenvalue weighted by molar-refractivity contribution is -0.529. The lowest BCUT2D eigenvalue weighted by Gasteiger charge is -2.11. The van der Waals surface area contributed by atoms with Crippen LogP contribution in [0, 0.1) is 0 Å². The molecular weight excluding hydrogens is 220 g/mol. The fraction of sp³-hybridized carbons (Fsp3) is 0.312. The van der Waals surface area contributed by atoms with Crippen molar-refractivity contribution in [1.82, 2.24) is 0 Å². The molecule has 2 aliphatic rings. The van der Waals surface area contributed by atoms with Gasteiger partial charge in [0.1, 0.15) is 18.3 Å². The summed E-state index contributed by atoms with van der Waals surface area (Å²) in [6.07, 6.45) is 5.02. The van der Waals surface area contributed by atoms with Gasteiger partial charge in [0.25, 0.3) is 0 Å². The monoisotopic (exact) mass is 237 g/mol. The van der Waals surface area contributed by atoms with E-state index in [-0.39, 0.29) is 0 Å². The molecule has 4 rings (SSSR count). The fourth-order valence-electron chi connectivity index (χ4n) is 3.28. The largest absolute Gasteiger partial charge is 0.261 e. The molecule has 2 nitrogen and oxygen atoms in total. The van der Waals surface area contributed by atoms with E-state index in [1.54, 1.807) is 0 Å². The van der Waals surface area contributed by atoms with Crippen LogP contribution in [-0.2, 0) is 0 Å². The van der Waals surface area contributed by atoms with Crippen LogP contribution in [-0.4, -0.2) is 30.0 Å². The van der Waals surface area contributed by atoms with Gasteiger partial charge >= 0.3 is 0 Å². The van der Waals surface area contributed by atoms with Gasteiger partial charge in [-0.3, -0.25) is 4.58 Å². The highest BCUT2D eigenvalue weighted by Gasteiger charge is 2.35. The third-order valence-corrected chi connectivity index (χ3v) is 4.19. The van der Waals surface area contributed by atoms with Crippen LogP contribution < -0.4 is 4.90 Å². The second kappa shape index (κ2) is 3.84. The summed E-state index contributed by atoms with van der Waals surface area (Å²) in [7, 11) is 0. The standard InChI is InChI=1S/C16H17N2/c1-2-8-15-13(5-1)6-3-9-16(15)18-11-14-7-4-10-17(14)12-18/h1-3,5-6,8-9,12,14H,4,7,10-11H2/q+1/t14-/m0/s1. The van der Waals surface area contributed by atoms with Crippen LogP contribution in [0.2, 0.25) is 0 Å². The predicted octanol–water partition coefficient (Wildman–Crippen LogP) is 2.86. The van der Waals surface area contributed by atoms with Crippen molar-refractivity contribution in [3.8, 4) is 0 Å². The second-order valence-electron chi connectivity index (χ2n) is 5.30. The zero-order chi connectivity index (χ0) is 11.9. The first-order valence-electron chi connectivity index (χ1n) is 6.77. The summed E-state index contributed by atoms with van der Waals surface area (Å²) in [6, 6.07) is 16.0. The van der Waals surface area contributed by atoms with Crippen molar-refractivity contribution in [3.63, 3.8) is 0 Å². The van der Waals surface area contributed by atoms with E-state index in [0.717, 1.165) is 12.6 Å². The van der Waals surface area contributed by atoms with Gasteiger partial charge < -0.3 is 0 Å². The first-order chi connectivity index (χ1) is 8.92. The average Bonchev–Trinajstić information content (AvgIpc) is 2.99. The van der Waals surface area contributed by atoms with Crippen molar-refractivity contribution in [2.75, 3.05) is 18.0 Å². The molecule has 0 N–H and O–H groups in total. The predicted molar refractivity (Wildman–Crippen MR) is 75.5 cm³/mol. The van der Waals surface area contributed by atoms with Gasteiger partial charge in [0, 0.05) is 5.39 Å². The molecule has 2 aromatic carbocycles. The Balaban J connectivity index is 1.82. The van der Waals surface area contributed by atoms with Crippen LogP contribution in [0.25, 0.3) is 10.8 Å². The quantitative estimate of drug-likeness (QED) is 0.691. The van der Waals surface area contributed by atoms with Crippen LogP contribution in [0.1, 0.15) is 12.8 Å². The summed E-state index contributed by atoms with van der Waals surface area (Å²) in [5, 5.41) is 2.69. The molecule has 1 fully saturated rings. The van der Waals surface area contributed by atoms with Crippen molar-refractivity contribution in [2.24, 2.45) is 0 Å². The Morgan fingerprint density at radius 2 is 1.94 bits per heavy atom. The minimum absolute atomic E-state index is 0.740. The molecule has 90 valence electrons. The van der Waals surface area contributed by atoms with Crippen molar-refractivity contribution in [2.45, 2.75) is 18.9 Å². The maximum absolute atomic E-state index is 2.50. The van der Waals surface area contributed by atoms with Gasteiger partial charge in [0.15, 0.2) is 0 Å². The first-order valence-corrected chi connectivity index (χ1v) is 6.77. The molecule has 0 bridgehead atoms. The van der Waals surface area contributed by atoms with Gasteiger partial charge in [-0.25, -0.2) is 4.90 Å². The van der Waals surface area contributed by atoms with Crippen molar-refractivity contribution >= 4 is 22.8 Å². The van der Waals surface area contributed by atoms with Gasteiger partial charge in [-0.2, -0.15) is 0 Å². The molecule has 18 heavy (non-hydrogen) atoms.